The molecule has 1 aromatic carbocycles. The smallest absolute Gasteiger partial charge is 0.261 e. The number of rotatable bonds is 4. The van der Waals surface area contributed by atoms with Crippen LogP contribution in [0, 0.1) is 13.8 Å². The van der Waals surface area contributed by atoms with Gasteiger partial charge in [-0.3, -0.25) is 9.89 Å². The van der Waals surface area contributed by atoms with E-state index >= 15 is 0 Å². The number of nitrogens with zero attached hydrogens (tertiary/aromatic N) is 2. The minimum Gasteiger partial charge on any atom is -0.482 e. The Morgan fingerprint density at radius 2 is 2.12 bits per heavy atom. The summed E-state index contributed by atoms with van der Waals surface area (Å²) in [6.45, 7) is 4.65. The van der Waals surface area contributed by atoms with Crippen molar-refractivity contribution in [2.45, 2.75) is 45.6 Å². The van der Waals surface area contributed by atoms with Gasteiger partial charge in [-0.2, -0.15) is 5.10 Å². The molecule has 0 saturated carbocycles. The zero-order valence-electron chi connectivity index (χ0n) is 15.0. The molecule has 1 aliphatic heterocycles. The lowest BCUT2D eigenvalue weighted by molar-refractivity contribution is -0.135. The summed E-state index contributed by atoms with van der Waals surface area (Å²) in [6, 6.07) is 5.01. The molecule has 0 spiro atoms. The van der Waals surface area contributed by atoms with Crippen molar-refractivity contribution in [2.24, 2.45) is 0 Å². The van der Waals surface area contributed by atoms with Crippen molar-refractivity contribution in [3.63, 3.8) is 0 Å². The van der Waals surface area contributed by atoms with E-state index in [0.29, 0.717) is 15.8 Å². The van der Waals surface area contributed by atoms with E-state index in [0.717, 1.165) is 49.2 Å². The molecule has 5 nitrogen and oxygen atoms in total. The lowest BCUT2D eigenvalue weighted by Crippen LogP contribution is -2.38. The highest BCUT2D eigenvalue weighted by Crippen LogP contribution is 2.33. The molecule has 0 radical (unpaired) electrons. The third kappa shape index (κ3) is 4.15. The summed E-state index contributed by atoms with van der Waals surface area (Å²) < 4.78 is 5.67. The van der Waals surface area contributed by atoms with Crippen LogP contribution in [0.1, 0.15) is 48.7 Å². The van der Waals surface area contributed by atoms with Gasteiger partial charge in [-0.1, -0.05) is 36.0 Å². The first-order chi connectivity index (χ1) is 12.5. The number of hydrogen-bond acceptors (Lipinski definition) is 3. The summed E-state index contributed by atoms with van der Waals surface area (Å²) >= 11 is 12.1. The number of halogens is 2. The van der Waals surface area contributed by atoms with Crippen LogP contribution < -0.4 is 4.74 Å². The summed E-state index contributed by atoms with van der Waals surface area (Å²) in [7, 11) is 0. The average molecular weight is 396 g/mol. The Morgan fingerprint density at radius 3 is 2.85 bits per heavy atom. The molecule has 1 aromatic heterocycles. The Bertz CT molecular complexity index is 772. The standard InChI is InChI=1S/C19H23Cl2N3O2/c1-12-19(13(2)23-22-12)16-6-4-3-5-9-24(16)18(25)11-26-17-10-14(20)7-8-15(17)21/h7-8,10,16H,3-6,9,11H2,1-2H3,(H,22,23)/t16-/m0/s1. The predicted molar refractivity (Wildman–Crippen MR) is 103 cm³/mol. The van der Waals surface area contributed by atoms with E-state index in [1.165, 1.54) is 0 Å². The summed E-state index contributed by atoms with van der Waals surface area (Å²) in [6.07, 6.45) is 4.15. The van der Waals surface area contributed by atoms with E-state index in [-0.39, 0.29) is 18.6 Å². The van der Waals surface area contributed by atoms with Crippen molar-refractivity contribution in [3.8, 4) is 5.75 Å². The van der Waals surface area contributed by atoms with Gasteiger partial charge >= 0.3 is 0 Å². The van der Waals surface area contributed by atoms with Crippen LogP contribution in [0.4, 0.5) is 0 Å². The summed E-state index contributed by atoms with van der Waals surface area (Å²) in [5.74, 6) is 0.377. The quantitative estimate of drug-likeness (QED) is 0.803. The van der Waals surface area contributed by atoms with Crippen LogP contribution in [-0.2, 0) is 4.79 Å². The van der Waals surface area contributed by atoms with Crippen molar-refractivity contribution in [3.05, 3.63) is 45.2 Å². The van der Waals surface area contributed by atoms with Gasteiger partial charge in [0.2, 0.25) is 0 Å². The largest absolute Gasteiger partial charge is 0.482 e. The van der Waals surface area contributed by atoms with E-state index in [4.69, 9.17) is 27.9 Å². The molecule has 140 valence electrons. The molecule has 1 aliphatic rings. The molecule has 7 heteroatoms. The Balaban J connectivity index is 1.77. The normalized spacial score (nSPS) is 17.8. The Kier molecular flexibility index (Phi) is 6.09. The van der Waals surface area contributed by atoms with E-state index in [2.05, 4.69) is 10.2 Å². The van der Waals surface area contributed by atoms with Gasteiger partial charge in [0.25, 0.3) is 5.91 Å². The first-order valence-corrected chi connectivity index (χ1v) is 9.61. The maximum absolute atomic E-state index is 12.9. The molecule has 3 rings (SSSR count). The Hall–Kier alpha value is -1.72. The van der Waals surface area contributed by atoms with Gasteiger partial charge in [0.05, 0.1) is 16.8 Å². The summed E-state index contributed by atoms with van der Waals surface area (Å²) in [5.41, 5.74) is 3.10. The number of H-pyrrole nitrogens is 1. The fourth-order valence-corrected chi connectivity index (χ4v) is 3.90. The van der Waals surface area contributed by atoms with E-state index in [1.807, 2.05) is 18.7 Å². The van der Waals surface area contributed by atoms with Crippen LogP contribution in [-0.4, -0.2) is 34.2 Å². The number of aromatic amines is 1. The zero-order valence-corrected chi connectivity index (χ0v) is 16.5. The number of aryl methyl sites for hydroxylation is 2. The van der Waals surface area contributed by atoms with Crippen molar-refractivity contribution in [1.29, 1.82) is 0 Å². The number of carbonyl (C=O) groups excluding carboxylic acids is 1. The average Bonchev–Trinajstić information content (AvgIpc) is 2.82. The van der Waals surface area contributed by atoms with E-state index in [9.17, 15) is 4.79 Å². The molecule has 0 unspecified atom stereocenters. The van der Waals surface area contributed by atoms with E-state index < -0.39 is 0 Å². The molecule has 1 atom stereocenters. The number of carbonyl (C=O) groups is 1. The lowest BCUT2D eigenvalue weighted by atomic mass is 9.99. The van der Waals surface area contributed by atoms with Gasteiger partial charge in [-0.05, 0) is 38.8 Å². The second-order valence-corrected chi connectivity index (χ2v) is 7.51. The topological polar surface area (TPSA) is 58.2 Å². The summed E-state index contributed by atoms with van der Waals surface area (Å²) in [4.78, 5) is 14.9. The van der Waals surface area contributed by atoms with Gasteiger partial charge < -0.3 is 9.64 Å². The molecular formula is C19H23Cl2N3O2. The number of ether oxygens (including phenoxy) is 1. The number of nitrogens with one attached hydrogen (secondary N) is 1. The number of aromatic nitrogens is 2. The molecule has 0 aliphatic carbocycles. The van der Waals surface area contributed by atoms with Gasteiger partial charge in [0, 0.05) is 28.9 Å². The predicted octanol–water partition coefficient (Wildman–Crippen LogP) is 4.86. The van der Waals surface area contributed by atoms with Gasteiger partial charge in [0.15, 0.2) is 6.61 Å². The van der Waals surface area contributed by atoms with Gasteiger partial charge in [-0.15, -0.1) is 0 Å². The number of benzene rings is 1. The molecule has 2 aromatic rings. The monoisotopic (exact) mass is 395 g/mol. The second-order valence-electron chi connectivity index (χ2n) is 6.66. The Labute approximate surface area is 163 Å². The highest BCUT2D eigenvalue weighted by Gasteiger charge is 2.30. The SMILES string of the molecule is Cc1n[nH]c(C)c1[C@@H]1CCCCCN1C(=O)COc1cc(Cl)ccc1Cl. The minimum absolute atomic E-state index is 0.0298. The summed E-state index contributed by atoms with van der Waals surface area (Å²) in [5, 5.41) is 8.30. The lowest BCUT2D eigenvalue weighted by Gasteiger charge is -2.30. The number of amides is 1. The van der Waals surface area contributed by atoms with Crippen LogP contribution in [0.3, 0.4) is 0 Å². The van der Waals surface area contributed by atoms with Crippen LogP contribution in [0.15, 0.2) is 18.2 Å². The van der Waals surface area contributed by atoms with Crippen LogP contribution in [0.2, 0.25) is 10.0 Å². The molecule has 1 saturated heterocycles. The van der Waals surface area contributed by atoms with Crippen LogP contribution >= 0.6 is 23.2 Å². The van der Waals surface area contributed by atoms with Crippen LogP contribution in [0.5, 0.6) is 5.75 Å². The van der Waals surface area contributed by atoms with Crippen molar-refractivity contribution in [2.75, 3.05) is 13.2 Å². The minimum atomic E-state index is -0.0630. The molecule has 2 heterocycles. The molecule has 26 heavy (non-hydrogen) atoms. The van der Waals surface area contributed by atoms with Crippen molar-refractivity contribution < 1.29 is 9.53 Å². The number of likely N-dealkylation sites (tertiary alicyclic amines) is 1. The van der Waals surface area contributed by atoms with Gasteiger partial charge in [-0.25, -0.2) is 0 Å². The van der Waals surface area contributed by atoms with Crippen molar-refractivity contribution in [1.82, 2.24) is 15.1 Å². The fraction of sp³-hybridized carbons (Fsp3) is 0.474. The second kappa shape index (κ2) is 8.31. The maximum atomic E-state index is 12.9. The first kappa shape index (κ1) is 19.1. The maximum Gasteiger partial charge on any atom is 0.261 e. The third-order valence-corrected chi connectivity index (χ3v) is 5.38. The first-order valence-electron chi connectivity index (χ1n) is 8.86. The van der Waals surface area contributed by atoms with E-state index in [1.54, 1.807) is 18.2 Å². The molecule has 1 amide bonds. The third-order valence-electron chi connectivity index (χ3n) is 4.84. The molecular weight excluding hydrogens is 373 g/mol. The van der Waals surface area contributed by atoms with Crippen LogP contribution in [0.25, 0.3) is 0 Å². The highest BCUT2D eigenvalue weighted by atomic mass is 35.5. The fourth-order valence-electron chi connectivity index (χ4n) is 3.57. The number of hydrogen-bond donors (Lipinski definition) is 1. The molecule has 1 N–H and O–H groups in total. The Morgan fingerprint density at radius 1 is 1.31 bits per heavy atom. The highest BCUT2D eigenvalue weighted by molar-refractivity contribution is 6.34. The zero-order chi connectivity index (χ0) is 18.7. The van der Waals surface area contributed by atoms with Crippen molar-refractivity contribution >= 4 is 29.1 Å². The molecule has 1 fully saturated rings. The molecule has 0 bridgehead atoms. The van der Waals surface area contributed by atoms with Gasteiger partial charge in [0.1, 0.15) is 5.75 Å².